The van der Waals surface area contributed by atoms with Crippen molar-refractivity contribution in [1.82, 2.24) is 14.8 Å². The molecule has 0 amide bonds. The minimum Gasteiger partial charge on any atom is -0.462 e. The molecule has 2 aromatic rings. The van der Waals surface area contributed by atoms with Gasteiger partial charge in [0.05, 0.1) is 29.9 Å². The van der Waals surface area contributed by atoms with Gasteiger partial charge in [-0.1, -0.05) is 11.3 Å². The second-order valence-electron chi connectivity index (χ2n) is 6.47. The summed E-state index contributed by atoms with van der Waals surface area (Å²) in [5.41, 5.74) is 1.19. The largest absolute Gasteiger partial charge is 0.462 e. The van der Waals surface area contributed by atoms with E-state index in [1.54, 1.807) is 20.8 Å². The maximum atomic E-state index is 12.4. The highest BCUT2D eigenvalue weighted by molar-refractivity contribution is 7.17. The summed E-state index contributed by atoms with van der Waals surface area (Å²) < 4.78 is 12.2. The Morgan fingerprint density at radius 3 is 2.89 bits per heavy atom. The molecule has 0 aliphatic carbocycles. The third-order valence-corrected chi connectivity index (χ3v) is 5.52. The van der Waals surface area contributed by atoms with Gasteiger partial charge in [0.2, 0.25) is 0 Å². The van der Waals surface area contributed by atoms with Gasteiger partial charge in [-0.3, -0.25) is 14.8 Å². The van der Waals surface area contributed by atoms with Crippen LogP contribution in [0.3, 0.4) is 0 Å². The van der Waals surface area contributed by atoms with Gasteiger partial charge in [-0.05, 0) is 33.6 Å². The van der Waals surface area contributed by atoms with E-state index in [0.29, 0.717) is 33.6 Å². The van der Waals surface area contributed by atoms with E-state index in [0.717, 1.165) is 19.4 Å². The second kappa shape index (κ2) is 8.65. The molecule has 1 aliphatic rings. The number of anilines is 1. The number of thiazole rings is 1. The first kappa shape index (κ1) is 20.2. The fourth-order valence-corrected chi connectivity index (χ4v) is 4.02. The summed E-state index contributed by atoms with van der Waals surface area (Å²) >= 11 is 1.21. The van der Waals surface area contributed by atoms with Crippen LogP contribution in [-0.4, -0.2) is 51.5 Å². The molecule has 1 saturated heterocycles. The molecule has 1 aliphatic heterocycles. The maximum Gasteiger partial charge on any atom is 0.350 e. The van der Waals surface area contributed by atoms with E-state index in [2.05, 4.69) is 15.4 Å². The van der Waals surface area contributed by atoms with E-state index in [-0.39, 0.29) is 24.9 Å². The molecular formula is C17H23N5O5S. The average molecular weight is 409 g/mol. The smallest absolute Gasteiger partial charge is 0.350 e. The van der Waals surface area contributed by atoms with E-state index in [1.807, 2.05) is 0 Å². The molecule has 2 aromatic heterocycles. The van der Waals surface area contributed by atoms with Gasteiger partial charge in [-0.2, -0.15) is 5.10 Å². The number of hydrogen-bond donors (Lipinski definition) is 1. The van der Waals surface area contributed by atoms with Crippen molar-refractivity contribution in [3.05, 3.63) is 32.1 Å². The topological polar surface area (TPSA) is 121 Å². The molecule has 3 rings (SSSR count). The van der Waals surface area contributed by atoms with E-state index >= 15 is 0 Å². The zero-order valence-corrected chi connectivity index (χ0v) is 16.9. The molecule has 1 N–H and O–H groups in total. The number of aryl methyl sites for hydroxylation is 1. The van der Waals surface area contributed by atoms with E-state index in [1.165, 1.54) is 16.0 Å². The van der Waals surface area contributed by atoms with Gasteiger partial charge >= 0.3 is 11.7 Å². The van der Waals surface area contributed by atoms with Crippen LogP contribution in [0, 0.1) is 24.0 Å². The summed E-state index contributed by atoms with van der Waals surface area (Å²) in [7, 11) is 0. The number of hydrogen-bond acceptors (Lipinski definition) is 9. The highest BCUT2D eigenvalue weighted by atomic mass is 32.1. The lowest BCUT2D eigenvalue weighted by atomic mass is 10.2. The van der Waals surface area contributed by atoms with Crippen LogP contribution in [0.15, 0.2) is 0 Å². The van der Waals surface area contributed by atoms with Gasteiger partial charge in [-0.25, -0.2) is 9.78 Å². The minimum atomic E-state index is -0.462. The molecule has 0 spiro atoms. The third kappa shape index (κ3) is 4.30. The SMILES string of the molecule is CCOC(=O)c1sc(NCC2CCCO2)nc1Cn1nc(C)c([N+](=O)[O-])c1C. The number of nitrogens with one attached hydrogen (secondary N) is 1. The van der Waals surface area contributed by atoms with Crippen LogP contribution in [0.25, 0.3) is 0 Å². The number of esters is 1. The van der Waals surface area contributed by atoms with Crippen LogP contribution in [-0.2, 0) is 16.0 Å². The van der Waals surface area contributed by atoms with Gasteiger partial charge in [0.15, 0.2) is 5.13 Å². The van der Waals surface area contributed by atoms with Crippen LogP contribution in [0.2, 0.25) is 0 Å². The molecule has 0 radical (unpaired) electrons. The van der Waals surface area contributed by atoms with E-state index < -0.39 is 10.9 Å². The summed E-state index contributed by atoms with van der Waals surface area (Å²) in [5.74, 6) is -0.462. The second-order valence-corrected chi connectivity index (χ2v) is 7.46. The van der Waals surface area contributed by atoms with Gasteiger partial charge in [-0.15, -0.1) is 0 Å². The molecule has 1 fully saturated rings. The van der Waals surface area contributed by atoms with Crippen molar-refractivity contribution in [3.8, 4) is 0 Å². The van der Waals surface area contributed by atoms with Crippen LogP contribution in [0.4, 0.5) is 10.8 Å². The lowest BCUT2D eigenvalue weighted by Gasteiger charge is -2.09. The fourth-order valence-electron chi connectivity index (χ4n) is 3.14. The van der Waals surface area contributed by atoms with Gasteiger partial charge < -0.3 is 14.8 Å². The third-order valence-electron chi connectivity index (χ3n) is 4.49. The average Bonchev–Trinajstić information content (AvgIpc) is 3.34. The molecular weight excluding hydrogens is 386 g/mol. The number of rotatable bonds is 8. The Morgan fingerprint density at radius 1 is 1.50 bits per heavy atom. The van der Waals surface area contributed by atoms with Gasteiger partial charge in [0, 0.05) is 13.2 Å². The van der Waals surface area contributed by atoms with E-state index in [4.69, 9.17) is 9.47 Å². The Morgan fingerprint density at radius 2 is 2.29 bits per heavy atom. The van der Waals surface area contributed by atoms with E-state index in [9.17, 15) is 14.9 Å². The molecule has 0 bridgehead atoms. The summed E-state index contributed by atoms with van der Waals surface area (Å²) in [5, 5.41) is 19.3. The van der Waals surface area contributed by atoms with Crippen LogP contribution < -0.4 is 5.32 Å². The number of aromatic nitrogens is 3. The Balaban J connectivity index is 1.84. The Labute approximate surface area is 166 Å². The zero-order valence-electron chi connectivity index (χ0n) is 16.1. The van der Waals surface area contributed by atoms with Crippen molar-refractivity contribution < 1.29 is 19.2 Å². The van der Waals surface area contributed by atoms with Gasteiger partial charge in [0.25, 0.3) is 0 Å². The zero-order chi connectivity index (χ0) is 20.3. The lowest BCUT2D eigenvalue weighted by molar-refractivity contribution is -0.386. The van der Waals surface area contributed by atoms with Crippen molar-refractivity contribution in [2.24, 2.45) is 0 Å². The highest BCUT2D eigenvalue weighted by Crippen LogP contribution is 2.28. The summed E-state index contributed by atoms with van der Waals surface area (Å²) in [6.45, 7) is 6.72. The van der Waals surface area contributed by atoms with Crippen LogP contribution in [0.5, 0.6) is 0 Å². The number of ether oxygens (including phenoxy) is 2. The van der Waals surface area contributed by atoms with Crippen molar-refractivity contribution >= 4 is 28.1 Å². The molecule has 3 heterocycles. The molecule has 1 unspecified atom stereocenters. The molecule has 0 aromatic carbocycles. The summed E-state index contributed by atoms with van der Waals surface area (Å²) in [4.78, 5) is 28.0. The monoisotopic (exact) mass is 409 g/mol. The standard InChI is InChI=1S/C17H23N5O5S/c1-4-26-16(23)15-13(9-21-11(3)14(22(24)25)10(2)20-21)19-17(28-15)18-8-12-6-5-7-27-12/h12H,4-9H2,1-3H3,(H,18,19). The number of carbonyl (C=O) groups is 1. The minimum absolute atomic E-state index is 0.0235. The molecule has 11 heteroatoms. The Bertz CT molecular complexity index is 872. The number of nitrogens with zero attached hydrogens (tertiary/aromatic N) is 4. The molecule has 10 nitrogen and oxygen atoms in total. The van der Waals surface area contributed by atoms with Crippen molar-refractivity contribution in [1.29, 1.82) is 0 Å². The first-order valence-corrected chi connectivity index (χ1v) is 9.93. The number of nitro groups is 1. The van der Waals surface area contributed by atoms with Crippen molar-refractivity contribution in [2.75, 3.05) is 25.1 Å². The Hall–Kier alpha value is -2.53. The molecule has 1 atom stereocenters. The lowest BCUT2D eigenvalue weighted by Crippen LogP contribution is -2.18. The highest BCUT2D eigenvalue weighted by Gasteiger charge is 2.25. The maximum absolute atomic E-state index is 12.4. The molecule has 152 valence electrons. The fraction of sp³-hybridized carbons (Fsp3) is 0.588. The molecule has 28 heavy (non-hydrogen) atoms. The number of carbonyl (C=O) groups excluding carboxylic acids is 1. The van der Waals surface area contributed by atoms with Crippen molar-refractivity contribution in [3.63, 3.8) is 0 Å². The normalized spacial score (nSPS) is 16.3. The molecule has 0 saturated carbocycles. The summed E-state index contributed by atoms with van der Waals surface area (Å²) in [6, 6.07) is 0. The van der Waals surface area contributed by atoms with Gasteiger partial charge in [0.1, 0.15) is 16.3 Å². The quantitative estimate of drug-likeness (QED) is 0.401. The van der Waals surface area contributed by atoms with Crippen LogP contribution >= 0.6 is 11.3 Å². The Kier molecular flexibility index (Phi) is 6.25. The van der Waals surface area contributed by atoms with Crippen LogP contribution in [0.1, 0.15) is 46.5 Å². The predicted octanol–water partition coefficient (Wildman–Crippen LogP) is 2.68. The predicted molar refractivity (Wildman–Crippen MR) is 103 cm³/mol. The summed E-state index contributed by atoms with van der Waals surface area (Å²) in [6.07, 6.45) is 2.17. The first-order valence-electron chi connectivity index (χ1n) is 9.11. The van der Waals surface area contributed by atoms with Crippen molar-refractivity contribution in [2.45, 2.75) is 46.3 Å². The first-order chi connectivity index (χ1) is 13.4.